The van der Waals surface area contributed by atoms with Gasteiger partial charge < -0.3 is 5.32 Å². The molecule has 5 aromatic carbocycles. The molecule has 1 N–H and O–H groups in total. The average molecular weight is 859 g/mol. The fourth-order valence-corrected chi connectivity index (χ4v) is 14.3. The maximum absolute atomic E-state index is 5.31. The lowest BCUT2D eigenvalue weighted by Gasteiger charge is -2.39. The van der Waals surface area contributed by atoms with Crippen LogP contribution in [-0.2, 0) is 10.8 Å². The average Bonchev–Trinajstić information content (AvgIpc) is 3.81. The lowest BCUT2D eigenvalue weighted by molar-refractivity contribution is 0.346. The van der Waals surface area contributed by atoms with Crippen molar-refractivity contribution < 1.29 is 0 Å². The van der Waals surface area contributed by atoms with Crippen molar-refractivity contribution in [1.82, 2.24) is 5.32 Å². The highest BCUT2D eigenvalue weighted by atomic mass is 15.1. The Kier molecular flexibility index (Phi) is 10.0. The van der Waals surface area contributed by atoms with Gasteiger partial charge in [0.1, 0.15) is 6.17 Å². The van der Waals surface area contributed by atoms with E-state index in [0.29, 0.717) is 23.7 Å². The minimum Gasteiger partial charge on any atom is -0.360 e. The number of benzene rings is 5. The molecule has 1 heterocycles. The second-order valence-corrected chi connectivity index (χ2v) is 21.0. The molecule has 0 saturated heterocycles. The molecule has 328 valence electrons. The molecule has 2 heteroatoms. The molecule has 5 unspecified atom stereocenters. The lowest BCUT2D eigenvalue weighted by Crippen LogP contribution is -2.30. The van der Waals surface area contributed by atoms with Crippen molar-refractivity contribution in [2.45, 2.75) is 119 Å². The molecule has 2 nitrogen and oxygen atoms in total. The third-order valence-corrected chi connectivity index (χ3v) is 17.6. The summed E-state index contributed by atoms with van der Waals surface area (Å²) in [6.07, 6.45) is 39.4. The molecule has 2 saturated carbocycles. The molecule has 2 spiro atoms. The van der Waals surface area contributed by atoms with E-state index < -0.39 is 0 Å². The fraction of sp³-hybridized carbons (Fsp3) is 0.328. The molecule has 0 amide bonds. The molecule has 0 bridgehead atoms. The van der Waals surface area contributed by atoms with Gasteiger partial charge in [-0.15, -0.1) is 0 Å². The summed E-state index contributed by atoms with van der Waals surface area (Å²) in [6, 6.07) is 44.3. The van der Waals surface area contributed by atoms with Gasteiger partial charge >= 0.3 is 0 Å². The van der Waals surface area contributed by atoms with Crippen LogP contribution in [0.4, 0.5) is 0 Å². The summed E-state index contributed by atoms with van der Waals surface area (Å²) in [4.78, 5) is 5.31. The highest BCUT2D eigenvalue weighted by Crippen LogP contribution is 2.63. The maximum Gasteiger partial charge on any atom is 0.145 e. The normalized spacial score (nSPS) is 26.3. The molecule has 5 aromatic rings. The van der Waals surface area contributed by atoms with Crippen LogP contribution in [0.3, 0.4) is 0 Å². The number of hydrogen-bond acceptors (Lipinski definition) is 2. The first kappa shape index (κ1) is 40.3. The van der Waals surface area contributed by atoms with E-state index in [1.165, 1.54) is 110 Å². The first-order valence-corrected chi connectivity index (χ1v) is 25.7. The Hall–Kier alpha value is -5.99. The molecule has 0 radical (unpaired) electrons. The van der Waals surface area contributed by atoms with Crippen LogP contribution in [0.2, 0.25) is 0 Å². The van der Waals surface area contributed by atoms with Gasteiger partial charge in [0.15, 0.2) is 0 Å². The van der Waals surface area contributed by atoms with Crippen LogP contribution >= 0.6 is 0 Å². The van der Waals surface area contributed by atoms with Crippen molar-refractivity contribution in [2.24, 2.45) is 16.8 Å². The van der Waals surface area contributed by atoms with Gasteiger partial charge in [-0.2, -0.15) is 0 Å². The van der Waals surface area contributed by atoms with E-state index in [4.69, 9.17) is 4.99 Å². The highest BCUT2D eigenvalue weighted by Gasteiger charge is 2.51. The molecule has 66 heavy (non-hydrogen) atoms. The standard InChI is InChI=1S/C64H62N2/c1-5-16-43(17-6-1)44-26-32-48(33-27-44)59-42-60(66-62(65-59)50-18-7-2-8-19-50)49-34-28-46(29-35-49)45-24-30-47(31-25-45)51-21-15-23-56-61(51)54-41-57-53(40-58(54)64(56)38-13-4-14-39-64)52-20-9-10-22-55(52)63(57)36-11-3-12-37-63/h1-2,5-10,15-16,18-20,22-24,26-30,32-35,40-43,45,47,51,62,65H,3-4,11-14,17,21,25,31,36-39H2. The minimum absolute atomic E-state index is 0.152. The Morgan fingerprint density at radius 3 is 1.95 bits per heavy atom. The van der Waals surface area contributed by atoms with Crippen LogP contribution in [0, 0.1) is 11.8 Å². The van der Waals surface area contributed by atoms with Crippen molar-refractivity contribution in [1.29, 1.82) is 0 Å². The summed E-state index contributed by atoms with van der Waals surface area (Å²) in [7, 11) is 0. The number of nitrogens with zero attached hydrogens (tertiary/aromatic N) is 1. The van der Waals surface area contributed by atoms with E-state index >= 15 is 0 Å². The predicted molar refractivity (Wildman–Crippen MR) is 275 cm³/mol. The van der Waals surface area contributed by atoms with Gasteiger partial charge in [0.05, 0.1) is 5.71 Å². The minimum atomic E-state index is -0.152. The van der Waals surface area contributed by atoms with E-state index in [1.54, 1.807) is 39.0 Å². The van der Waals surface area contributed by atoms with E-state index in [2.05, 4.69) is 175 Å². The number of rotatable bonds is 6. The summed E-state index contributed by atoms with van der Waals surface area (Å²) >= 11 is 0. The summed E-state index contributed by atoms with van der Waals surface area (Å²) < 4.78 is 0. The van der Waals surface area contributed by atoms with Gasteiger partial charge in [-0.25, -0.2) is 0 Å². The molecule has 13 rings (SSSR count). The fourth-order valence-electron chi connectivity index (χ4n) is 14.3. The molecule has 5 atom stereocenters. The largest absolute Gasteiger partial charge is 0.360 e. The topological polar surface area (TPSA) is 24.4 Å². The molecule has 1 aliphatic heterocycles. The molecular formula is C64H62N2. The van der Waals surface area contributed by atoms with Crippen LogP contribution in [0.25, 0.3) is 22.4 Å². The SMILES string of the molecule is C1=CCC(c2ccc(C3=CC(c4ccc(C5C=CC(C6CC=CC7=C6c6cc8c(cc6C76CCCCC6)-c6ccccc6C86CCCCC6)CC5)cc4)=NC(c4ccccc4)N3)cc2)C=C1. The zero-order valence-electron chi connectivity index (χ0n) is 38.4. The van der Waals surface area contributed by atoms with Crippen molar-refractivity contribution in [3.63, 3.8) is 0 Å². The Bertz CT molecular complexity index is 2900. The Morgan fingerprint density at radius 1 is 0.515 bits per heavy atom. The van der Waals surface area contributed by atoms with E-state index in [9.17, 15) is 0 Å². The third-order valence-electron chi connectivity index (χ3n) is 17.6. The van der Waals surface area contributed by atoms with Gasteiger partial charge in [-0.3, -0.25) is 4.99 Å². The van der Waals surface area contributed by atoms with Crippen LogP contribution in [0.15, 0.2) is 181 Å². The third kappa shape index (κ3) is 6.60. The van der Waals surface area contributed by atoms with Gasteiger partial charge in [-0.05, 0) is 154 Å². The number of fused-ring (bicyclic) bond motifs is 9. The molecule has 2 fully saturated rings. The van der Waals surface area contributed by atoms with Crippen LogP contribution in [-0.4, -0.2) is 5.71 Å². The summed E-state index contributed by atoms with van der Waals surface area (Å²) in [6.45, 7) is 0. The van der Waals surface area contributed by atoms with Crippen LogP contribution in [0.1, 0.15) is 158 Å². The quantitative estimate of drug-likeness (QED) is 0.169. The first-order valence-electron chi connectivity index (χ1n) is 25.7. The van der Waals surface area contributed by atoms with Gasteiger partial charge in [-0.1, -0.05) is 190 Å². The predicted octanol–water partition coefficient (Wildman–Crippen LogP) is 15.9. The number of aliphatic imine (C=N–C) groups is 1. The van der Waals surface area contributed by atoms with Gasteiger partial charge in [0.25, 0.3) is 0 Å². The molecule has 8 aliphatic rings. The van der Waals surface area contributed by atoms with Crippen LogP contribution in [0.5, 0.6) is 0 Å². The van der Waals surface area contributed by atoms with Gasteiger partial charge in [0.2, 0.25) is 0 Å². The molecule has 7 aliphatic carbocycles. The van der Waals surface area contributed by atoms with Gasteiger partial charge in [0, 0.05) is 28.4 Å². The Balaban J connectivity index is 0.788. The highest BCUT2D eigenvalue weighted by molar-refractivity contribution is 6.13. The van der Waals surface area contributed by atoms with Crippen LogP contribution < -0.4 is 5.32 Å². The van der Waals surface area contributed by atoms with Crippen molar-refractivity contribution >= 4 is 17.0 Å². The first-order chi connectivity index (χ1) is 32.6. The van der Waals surface area contributed by atoms with E-state index in [1.807, 2.05) is 0 Å². The second kappa shape index (κ2) is 16.4. The maximum atomic E-state index is 5.31. The zero-order chi connectivity index (χ0) is 43.7. The summed E-state index contributed by atoms with van der Waals surface area (Å²) in [5.41, 5.74) is 22.0. The number of hydrogen-bond donors (Lipinski definition) is 1. The summed E-state index contributed by atoms with van der Waals surface area (Å²) in [5.74, 6) is 1.98. The van der Waals surface area contributed by atoms with E-state index in [-0.39, 0.29) is 17.0 Å². The molecule has 0 aromatic heterocycles. The number of nitrogens with one attached hydrogen (secondary N) is 1. The Morgan fingerprint density at radius 2 is 1.21 bits per heavy atom. The second-order valence-electron chi connectivity index (χ2n) is 21.0. The smallest absolute Gasteiger partial charge is 0.145 e. The zero-order valence-corrected chi connectivity index (χ0v) is 38.4. The Labute approximate surface area is 392 Å². The van der Waals surface area contributed by atoms with E-state index in [0.717, 1.165) is 24.3 Å². The number of allylic oxidation sites excluding steroid dienone is 11. The monoisotopic (exact) mass is 858 g/mol. The molecular weight excluding hydrogens is 797 g/mol. The summed E-state index contributed by atoms with van der Waals surface area (Å²) in [5, 5.41) is 3.78. The van der Waals surface area contributed by atoms with Crippen molar-refractivity contribution in [3.05, 3.63) is 226 Å². The lowest BCUT2D eigenvalue weighted by atomic mass is 9.65. The van der Waals surface area contributed by atoms with Crippen molar-refractivity contribution in [2.75, 3.05) is 0 Å². The van der Waals surface area contributed by atoms with Crippen molar-refractivity contribution in [3.8, 4) is 11.1 Å².